The van der Waals surface area contributed by atoms with E-state index >= 15 is 0 Å². The van der Waals surface area contributed by atoms with Gasteiger partial charge in [-0.2, -0.15) is 5.10 Å². The van der Waals surface area contributed by atoms with Gasteiger partial charge in [-0.25, -0.2) is 5.43 Å². The van der Waals surface area contributed by atoms with Crippen LogP contribution in [0, 0.1) is 6.92 Å². The summed E-state index contributed by atoms with van der Waals surface area (Å²) in [5.74, 6) is 5.76. The quantitative estimate of drug-likeness (QED) is 0.632. The first-order chi connectivity index (χ1) is 10.1. The largest absolute Gasteiger partial charge is 0.383 e. The zero-order valence-corrected chi connectivity index (χ0v) is 13.4. The Bertz CT molecular complexity index is 615. The molecule has 0 saturated heterocycles. The monoisotopic (exact) mass is 328 g/mol. The van der Waals surface area contributed by atoms with Gasteiger partial charge in [0.05, 0.1) is 36.1 Å². The number of nitrogens with one attached hydrogen (secondary N) is 1. The van der Waals surface area contributed by atoms with E-state index in [-0.39, 0.29) is 6.04 Å². The molecule has 5 nitrogen and oxygen atoms in total. The summed E-state index contributed by atoms with van der Waals surface area (Å²) in [5.41, 5.74) is 5.65. The summed E-state index contributed by atoms with van der Waals surface area (Å²) in [6.07, 6.45) is 1.61. The van der Waals surface area contributed by atoms with Crippen molar-refractivity contribution in [3.8, 4) is 0 Å². The summed E-state index contributed by atoms with van der Waals surface area (Å²) in [7, 11) is 1.65. The molecule has 0 spiro atoms. The second kappa shape index (κ2) is 7.24. The van der Waals surface area contributed by atoms with E-state index in [1.807, 2.05) is 25.1 Å². The third-order valence-electron chi connectivity index (χ3n) is 3.32. The maximum absolute atomic E-state index is 6.29. The average molecular weight is 329 g/mol. The molecule has 0 aliphatic rings. The lowest BCUT2D eigenvalue weighted by Gasteiger charge is -2.21. The first-order valence-corrected chi connectivity index (χ1v) is 7.26. The van der Waals surface area contributed by atoms with E-state index < -0.39 is 0 Å². The van der Waals surface area contributed by atoms with Crippen molar-refractivity contribution >= 4 is 23.2 Å². The van der Waals surface area contributed by atoms with Crippen molar-refractivity contribution < 1.29 is 4.74 Å². The number of hydrogen-bond acceptors (Lipinski definition) is 4. The number of nitrogens with zero attached hydrogens (tertiary/aromatic N) is 2. The van der Waals surface area contributed by atoms with Gasteiger partial charge in [-0.1, -0.05) is 29.3 Å². The lowest BCUT2D eigenvalue weighted by Crippen LogP contribution is -2.31. The van der Waals surface area contributed by atoms with Crippen molar-refractivity contribution in [1.82, 2.24) is 15.2 Å². The molecule has 21 heavy (non-hydrogen) atoms. The summed E-state index contributed by atoms with van der Waals surface area (Å²) in [4.78, 5) is 0. The van der Waals surface area contributed by atoms with Crippen LogP contribution < -0.4 is 11.3 Å². The molecule has 1 atom stereocenters. The topological polar surface area (TPSA) is 65.1 Å². The van der Waals surface area contributed by atoms with Gasteiger partial charge in [0.15, 0.2) is 0 Å². The number of ether oxygens (including phenoxy) is 1. The molecule has 1 heterocycles. The number of hydrazine groups is 1. The lowest BCUT2D eigenvalue weighted by atomic mass is 9.99. The van der Waals surface area contributed by atoms with Crippen molar-refractivity contribution in [2.45, 2.75) is 19.5 Å². The van der Waals surface area contributed by atoms with E-state index in [2.05, 4.69) is 10.5 Å². The molecule has 2 rings (SSSR count). The molecule has 114 valence electrons. The first kappa shape index (κ1) is 16.3. The maximum atomic E-state index is 6.29. The average Bonchev–Trinajstić information content (AvgIpc) is 2.81. The number of nitrogens with two attached hydrogens (primary N) is 1. The van der Waals surface area contributed by atoms with Gasteiger partial charge in [0.25, 0.3) is 0 Å². The number of rotatable bonds is 6. The van der Waals surface area contributed by atoms with Crippen molar-refractivity contribution in [2.75, 3.05) is 13.7 Å². The highest BCUT2D eigenvalue weighted by molar-refractivity contribution is 6.31. The van der Waals surface area contributed by atoms with Gasteiger partial charge < -0.3 is 4.74 Å². The molecule has 0 fully saturated rings. The van der Waals surface area contributed by atoms with Crippen molar-refractivity contribution in [2.24, 2.45) is 5.84 Å². The number of benzene rings is 1. The number of halogens is 2. The van der Waals surface area contributed by atoms with E-state index in [1.165, 1.54) is 0 Å². The van der Waals surface area contributed by atoms with Crippen molar-refractivity contribution in [3.63, 3.8) is 0 Å². The maximum Gasteiger partial charge on any atom is 0.0896 e. The van der Waals surface area contributed by atoms with Gasteiger partial charge in [0.2, 0.25) is 0 Å². The Labute approximate surface area is 134 Å². The summed E-state index contributed by atoms with van der Waals surface area (Å²) in [6, 6.07) is 5.39. The lowest BCUT2D eigenvalue weighted by molar-refractivity contribution is 0.182. The van der Waals surface area contributed by atoms with E-state index in [0.717, 1.165) is 16.8 Å². The molecular formula is C14H18Cl2N4O. The van der Waals surface area contributed by atoms with Crippen LogP contribution in [0.25, 0.3) is 0 Å². The second-order valence-corrected chi connectivity index (χ2v) is 5.54. The SMILES string of the molecule is COCCn1ncc(Cl)c1C(NN)c1ccc(Cl)cc1C. The highest BCUT2D eigenvalue weighted by Gasteiger charge is 2.22. The molecule has 2 aromatic rings. The summed E-state index contributed by atoms with van der Waals surface area (Å²) in [5, 5.41) is 5.52. The van der Waals surface area contributed by atoms with Crippen LogP contribution in [0.4, 0.5) is 0 Å². The fourth-order valence-electron chi connectivity index (χ4n) is 2.29. The Morgan fingerprint density at radius 3 is 2.81 bits per heavy atom. The predicted molar refractivity (Wildman–Crippen MR) is 84.5 cm³/mol. The van der Waals surface area contributed by atoms with Gasteiger partial charge in [-0.05, 0) is 30.2 Å². The second-order valence-electron chi connectivity index (χ2n) is 4.69. The molecule has 0 amide bonds. The number of methoxy groups -OCH3 is 1. The van der Waals surface area contributed by atoms with Crippen LogP contribution in [0.2, 0.25) is 10.0 Å². The molecule has 0 aliphatic carbocycles. The zero-order chi connectivity index (χ0) is 15.4. The van der Waals surface area contributed by atoms with E-state index in [1.54, 1.807) is 18.0 Å². The number of hydrogen-bond donors (Lipinski definition) is 2. The third kappa shape index (κ3) is 3.56. The fraction of sp³-hybridized carbons (Fsp3) is 0.357. The first-order valence-electron chi connectivity index (χ1n) is 6.50. The van der Waals surface area contributed by atoms with Crippen LogP contribution >= 0.6 is 23.2 Å². The van der Waals surface area contributed by atoms with Crippen LogP contribution in [-0.2, 0) is 11.3 Å². The summed E-state index contributed by atoms with van der Waals surface area (Å²) < 4.78 is 6.89. The highest BCUT2D eigenvalue weighted by Crippen LogP contribution is 2.30. The van der Waals surface area contributed by atoms with Gasteiger partial charge in [-0.3, -0.25) is 10.5 Å². The summed E-state index contributed by atoms with van der Waals surface area (Å²) >= 11 is 12.3. The number of aromatic nitrogens is 2. The highest BCUT2D eigenvalue weighted by atomic mass is 35.5. The van der Waals surface area contributed by atoms with E-state index in [0.29, 0.717) is 23.2 Å². The third-order valence-corrected chi connectivity index (χ3v) is 3.85. The Balaban J connectivity index is 2.43. The normalized spacial score (nSPS) is 12.6. The molecule has 0 aliphatic heterocycles. The Morgan fingerprint density at radius 2 is 2.19 bits per heavy atom. The smallest absolute Gasteiger partial charge is 0.0896 e. The predicted octanol–water partition coefficient (Wildman–Crippen LogP) is 2.70. The zero-order valence-electron chi connectivity index (χ0n) is 11.9. The van der Waals surface area contributed by atoms with E-state index in [9.17, 15) is 0 Å². The molecule has 7 heteroatoms. The van der Waals surface area contributed by atoms with Crippen LogP contribution in [0.15, 0.2) is 24.4 Å². The van der Waals surface area contributed by atoms with Gasteiger partial charge in [0.1, 0.15) is 0 Å². The van der Waals surface area contributed by atoms with Gasteiger partial charge >= 0.3 is 0 Å². The summed E-state index contributed by atoms with van der Waals surface area (Å²) in [6.45, 7) is 3.13. The van der Waals surface area contributed by atoms with Crippen LogP contribution in [0.1, 0.15) is 22.9 Å². The van der Waals surface area contributed by atoms with Gasteiger partial charge in [0, 0.05) is 12.1 Å². The molecule has 0 radical (unpaired) electrons. The van der Waals surface area contributed by atoms with Crippen molar-refractivity contribution in [1.29, 1.82) is 0 Å². The molecule has 1 aromatic carbocycles. The van der Waals surface area contributed by atoms with E-state index in [4.69, 9.17) is 33.8 Å². The molecule has 0 saturated carbocycles. The van der Waals surface area contributed by atoms with Crippen LogP contribution in [-0.4, -0.2) is 23.5 Å². The number of aryl methyl sites for hydroxylation is 1. The molecule has 0 bridgehead atoms. The molecule has 3 N–H and O–H groups in total. The standard InChI is InChI=1S/C14H18Cl2N4O/c1-9-7-10(15)3-4-11(9)13(19-17)14-12(16)8-18-20(14)5-6-21-2/h3-4,7-8,13,19H,5-6,17H2,1-2H3. The minimum absolute atomic E-state index is 0.269. The molecular weight excluding hydrogens is 311 g/mol. The molecule has 1 unspecified atom stereocenters. The Morgan fingerprint density at radius 1 is 1.43 bits per heavy atom. The Kier molecular flexibility index (Phi) is 5.61. The molecule has 1 aromatic heterocycles. The fourth-order valence-corrected chi connectivity index (χ4v) is 2.77. The van der Waals surface area contributed by atoms with Gasteiger partial charge in [-0.15, -0.1) is 0 Å². The minimum atomic E-state index is -0.269. The Hall–Kier alpha value is -1.11. The van der Waals surface area contributed by atoms with Crippen molar-refractivity contribution in [3.05, 3.63) is 51.3 Å². The van der Waals surface area contributed by atoms with Crippen LogP contribution in [0.3, 0.4) is 0 Å². The minimum Gasteiger partial charge on any atom is -0.383 e. The van der Waals surface area contributed by atoms with Crippen LogP contribution in [0.5, 0.6) is 0 Å².